The molecule has 4 aromatic carbocycles. The molecule has 220 valence electrons. The molecule has 0 saturated carbocycles. The van der Waals surface area contributed by atoms with Crippen LogP contribution < -0.4 is 10.6 Å². The smallest absolute Gasteiger partial charge is 0.259 e. The maximum absolute atomic E-state index is 12.6. The van der Waals surface area contributed by atoms with E-state index in [1.165, 1.54) is 0 Å². The van der Waals surface area contributed by atoms with Gasteiger partial charge < -0.3 is 20.4 Å². The lowest BCUT2D eigenvalue weighted by molar-refractivity contribution is -0.113. The Labute approximate surface area is 257 Å². The number of carbonyl (C=O) groups is 2. The molecule has 2 N–H and O–H groups in total. The van der Waals surface area contributed by atoms with Crippen molar-refractivity contribution in [2.75, 3.05) is 38.8 Å². The summed E-state index contributed by atoms with van der Waals surface area (Å²) >= 11 is 0. The van der Waals surface area contributed by atoms with Gasteiger partial charge in [0.2, 0.25) is 0 Å². The molecule has 0 saturated heterocycles. The average molecular weight is 583 g/mol. The fraction of sp³-hybridized carbons (Fsp3) is 0.111. The van der Waals surface area contributed by atoms with Crippen LogP contribution in [0.15, 0.2) is 143 Å². The molecule has 0 unspecified atom stereocenters. The number of para-hydroxylation sites is 4. The Kier molecular flexibility index (Phi) is 9.10. The lowest BCUT2D eigenvalue weighted by atomic mass is 10.0. The number of carbonyl (C=O) groups excluding carboxylic acids is 2. The summed E-state index contributed by atoms with van der Waals surface area (Å²) in [5.74, 6) is -0.303. The Morgan fingerprint density at radius 2 is 0.841 bits per heavy atom. The van der Waals surface area contributed by atoms with Crippen LogP contribution >= 0.6 is 0 Å². The van der Waals surface area contributed by atoms with Crippen molar-refractivity contribution in [2.45, 2.75) is 0 Å². The Balaban J connectivity index is 0.000000175. The SMILES string of the molecule is CN(C)/C=C1/C(=O)Nc2ccccc2N=C1c1ccccc1.CN(C)/C=C1/C(=O)Nc2ccccc2N=C1c1ccccc1. The number of hydrogen-bond donors (Lipinski definition) is 2. The van der Waals surface area contributed by atoms with Gasteiger partial charge in [-0.15, -0.1) is 0 Å². The van der Waals surface area contributed by atoms with Crippen molar-refractivity contribution in [1.82, 2.24) is 9.80 Å². The van der Waals surface area contributed by atoms with Crippen molar-refractivity contribution in [3.63, 3.8) is 0 Å². The van der Waals surface area contributed by atoms with Crippen molar-refractivity contribution in [2.24, 2.45) is 9.98 Å². The first-order valence-corrected chi connectivity index (χ1v) is 14.2. The van der Waals surface area contributed by atoms with Gasteiger partial charge in [-0.2, -0.15) is 0 Å². The van der Waals surface area contributed by atoms with Crippen LogP contribution in [0.5, 0.6) is 0 Å². The van der Waals surface area contributed by atoms with Gasteiger partial charge in [-0.3, -0.25) is 9.59 Å². The molecular formula is C36H34N6O2. The second kappa shape index (κ2) is 13.5. The summed E-state index contributed by atoms with van der Waals surface area (Å²) in [6, 6.07) is 34.6. The van der Waals surface area contributed by atoms with E-state index in [1.807, 2.05) is 147 Å². The number of nitrogens with one attached hydrogen (secondary N) is 2. The molecule has 44 heavy (non-hydrogen) atoms. The molecule has 0 radical (unpaired) electrons. The first-order valence-electron chi connectivity index (χ1n) is 14.2. The van der Waals surface area contributed by atoms with Crippen LogP contribution in [0.3, 0.4) is 0 Å². The molecule has 6 rings (SSSR count). The van der Waals surface area contributed by atoms with E-state index in [9.17, 15) is 9.59 Å². The summed E-state index contributed by atoms with van der Waals surface area (Å²) in [6.07, 6.45) is 3.60. The molecule has 0 atom stereocenters. The molecule has 0 fully saturated rings. The van der Waals surface area contributed by atoms with Gasteiger partial charge in [-0.05, 0) is 24.3 Å². The molecule has 2 amide bonds. The summed E-state index contributed by atoms with van der Waals surface area (Å²) in [6.45, 7) is 0. The third-order valence-electron chi connectivity index (χ3n) is 6.64. The third-order valence-corrected chi connectivity index (χ3v) is 6.64. The number of nitrogens with zero attached hydrogens (tertiary/aromatic N) is 4. The zero-order valence-electron chi connectivity index (χ0n) is 25.2. The van der Waals surface area contributed by atoms with E-state index in [1.54, 1.807) is 12.4 Å². The Hall–Kier alpha value is -5.76. The van der Waals surface area contributed by atoms with Crippen molar-refractivity contribution in [1.29, 1.82) is 0 Å². The highest BCUT2D eigenvalue weighted by atomic mass is 16.2. The van der Waals surface area contributed by atoms with Crippen molar-refractivity contribution in [3.8, 4) is 0 Å². The van der Waals surface area contributed by atoms with Gasteiger partial charge in [-0.1, -0.05) is 84.9 Å². The van der Waals surface area contributed by atoms with Gasteiger partial charge in [0.15, 0.2) is 0 Å². The van der Waals surface area contributed by atoms with E-state index >= 15 is 0 Å². The van der Waals surface area contributed by atoms with Gasteiger partial charge >= 0.3 is 0 Å². The second-order valence-corrected chi connectivity index (χ2v) is 10.6. The molecule has 0 bridgehead atoms. The highest BCUT2D eigenvalue weighted by Gasteiger charge is 2.24. The monoisotopic (exact) mass is 582 g/mol. The molecular weight excluding hydrogens is 548 g/mol. The zero-order chi connectivity index (χ0) is 31.1. The maximum atomic E-state index is 12.6. The fourth-order valence-corrected chi connectivity index (χ4v) is 4.70. The second-order valence-electron chi connectivity index (χ2n) is 10.6. The molecule has 0 aromatic heterocycles. The van der Waals surface area contributed by atoms with E-state index in [2.05, 4.69) is 10.6 Å². The largest absolute Gasteiger partial charge is 0.383 e. The van der Waals surface area contributed by atoms with Crippen LogP contribution in [0.2, 0.25) is 0 Å². The van der Waals surface area contributed by atoms with Crippen LogP contribution in [0, 0.1) is 0 Å². The Bertz CT molecular complexity index is 1650. The van der Waals surface area contributed by atoms with Crippen LogP contribution in [-0.2, 0) is 9.59 Å². The van der Waals surface area contributed by atoms with E-state index in [0.717, 1.165) is 33.9 Å². The minimum absolute atomic E-state index is 0.152. The number of aliphatic imine (C=N–C) groups is 2. The molecule has 2 aliphatic rings. The normalized spacial score (nSPS) is 15.6. The van der Waals surface area contributed by atoms with Crippen molar-refractivity contribution >= 4 is 46.0 Å². The number of anilines is 2. The van der Waals surface area contributed by atoms with E-state index in [4.69, 9.17) is 9.98 Å². The molecule has 8 heteroatoms. The molecule has 0 aliphatic carbocycles. The third kappa shape index (κ3) is 6.99. The standard InChI is InChI=1S/2C18H17N3O/c2*1-21(2)12-14-17(13-8-4-3-5-9-13)19-15-10-6-7-11-16(15)20-18(14)22/h2*3-12H,1-2H3,(H,20,22)/b2*14-12+. The number of hydrogen-bond acceptors (Lipinski definition) is 6. The van der Waals surface area contributed by atoms with Gasteiger partial charge in [0.1, 0.15) is 0 Å². The first-order chi connectivity index (χ1) is 21.3. The molecule has 2 aliphatic heterocycles. The van der Waals surface area contributed by atoms with E-state index in [0.29, 0.717) is 22.6 Å². The molecule has 4 aromatic rings. The van der Waals surface area contributed by atoms with Crippen LogP contribution in [0.1, 0.15) is 11.1 Å². The van der Waals surface area contributed by atoms with Crippen LogP contribution in [-0.4, -0.2) is 61.2 Å². The number of amides is 2. The Morgan fingerprint density at radius 3 is 1.20 bits per heavy atom. The van der Waals surface area contributed by atoms with Crippen LogP contribution in [0.4, 0.5) is 22.7 Å². The van der Waals surface area contributed by atoms with Crippen molar-refractivity contribution in [3.05, 3.63) is 144 Å². The average Bonchev–Trinajstić information content (AvgIpc) is 3.25. The van der Waals surface area contributed by atoms with Gasteiger partial charge in [0.25, 0.3) is 11.8 Å². The first kappa shape index (κ1) is 29.7. The lowest BCUT2D eigenvalue weighted by Crippen LogP contribution is -2.22. The van der Waals surface area contributed by atoms with Crippen LogP contribution in [0.25, 0.3) is 0 Å². The van der Waals surface area contributed by atoms with Gasteiger partial charge in [-0.25, -0.2) is 9.98 Å². The Morgan fingerprint density at radius 1 is 0.500 bits per heavy atom. The summed E-state index contributed by atoms with van der Waals surface area (Å²) < 4.78 is 0. The zero-order valence-corrected chi connectivity index (χ0v) is 25.2. The summed E-state index contributed by atoms with van der Waals surface area (Å²) in [5, 5.41) is 5.86. The van der Waals surface area contributed by atoms with E-state index in [-0.39, 0.29) is 11.8 Å². The highest BCUT2D eigenvalue weighted by Crippen LogP contribution is 2.31. The summed E-state index contributed by atoms with van der Waals surface area (Å²) in [4.78, 5) is 38.4. The maximum Gasteiger partial charge on any atom is 0.259 e. The van der Waals surface area contributed by atoms with Gasteiger partial charge in [0, 0.05) is 51.7 Å². The molecule has 8 nitrogen and oxygen atoms in total. The summed E-state index contributed by atoms with van der Waals surface area (Å²) in [5.41, 5.74) is 7.26. The predicted molar refractivity (Wildman–Crippen MR) is 179 cm³/mol. The fourth-order valence-electron chi connectivity index (χ4n) is 4.70. The number of rotatable bonds is 4. The molecule has 0 spiro atoms. The number of benzene rings is 4. The van der Waals surface area contributed by atoms with Crippen molar-refractivity contribution < 1.29 is 9.59 Å². The summed E-state index contributed by atoms with van der Waals surface area (Å²) in [7, 11) is 7.56. The van der Waals surface area contributed by atoms with E-state index < -0.39 is 0 Å². The minimum atomic E-state index is -0.152. The minimum Gasteiger partial charge on any atom is -0.383 e. The predicted octanol–water partition coefficient (Wildman–Crippen LogP) is 6.41. The number of fused-ring (bicyclic) bond motifs is 2. The van der Waals surface area contributed by atoms with Gasteiger partial charge in [0.05, 0.1) is 45.3 Å². The quantitative estimate of drug-likeness (QED) is 0.272. The molecule has 2 heterocycles. The lowest BCUT2D eigenvalue weighted by Gasteiger charge is -2.12. The topological polar surface area (TPSA) is 89.4 Å². The highest BCUT2D eigenvalue weighted by molar-refractivity contribution is 6.33.